The number of likely N-dealkylation sites (tertiary alicyclic amines) is 1. The molecule has 3 nitrogen and oxygen atoms in total. The van der Waals surface area contributed by atoms with Crippen LogP contribution in [0.15, 0.2) is 0 Å². The summed E-state index contributed by atoms with van der Waals surface area (Å²) in [5.41, 5.74) is 2.70. The van der Waals surface area contributed by atoms with Crippen molar-refractivity contribution in [3.63, 3.8) is 0 Å². The molecule has 13 heavy (non-hydrogen) atoms. The van der Waals surface area contributed by atoms with Crippen LogP contribution in [-0.4, -0.2) is 38.7 Å². The zero-order chi connectivity index (χ0) is 9.52. The normalized spacial score (nSPS) is 24.9. The second kappa shape index (κ2) is 6.35. The van der Waals surface area contributed by atoms with E-state index in [-0.39, 0.29) is 0 Å². The van der Waals surface area contributed by atoms with Crippen LogP contribution in [0.5, 0.6) is 0 Å². The van der Waals surface area contributed by atoms with E-state index in [9.17, 15) is 0 Å². The molecule has 1 rings (SSSR count). The molecule has 0 radical (unpaired) electrons. The highest BCUT2D eigenvalue weighted by Gasteiger charge is 2.16. The average Bonchev–Trinajstić information content (AvgIpc) is 2.13. The minimum absolute atomic E-state index is 0.844. The average molecular weight is 186 g/mol. The number of rotatable bonds is 5. The number of piperidine rings is 1. The van der Waals surface area contributed by atoms with Crippen LogP contribution in [0.4, 0.5) is 0 Å². The monoisotopic (exact) mass is 186 g/mol. The van der Waals surface area contributed by atoms with Gasteiger partial charge in [-0.3, -0.25) is 0 Å². The van der Waals surface area contributed by atoms with E-state index in [1.165, 1.54) is 38.8 Å². The molecule has 0 aromatic rings. The van der Waals surface area contributed by atoms with Crippen molar-refractivity contribution in [1.29, 1.82) is 0 Å². The van der Waals surface area contributed by atoms with Gasteiger partial charge in [-0.1, -0.05) is 0 Å². The van der Waals surface area contributed by atoms with E-state index in [0.717, 1.165) is 12.5 Å². The number of hydrogen-bond acceptors (Lipinski definition) is 3. The standard InChI is InChI=1S/C10H22N2O/c1-11-13-8-4-6-10-5-3-7-12(2)9-10/h10-11H,3-9H2,1-2H3. The Kier molecular flexibility index (Phi) is 5.35. The lowest BCUT2D eigenvalue weighted by Crippen LogP contribution is -2.32. The summed E-state index contributed by atoms with van der Waals surface area (Å²) in [4.78, 5) is 7.53. The van der Waals surface area contributed by atoms with E-state index in [2.05, 4.69) is 17.4 Å². The van der Waals surface area contributed by atoms with Crippen molar-refractivity contribution in [2.75, 3.05) is 33.8 Å². The highest BCUT2D eigenvalue weighted by atomic mass is 16.6. The molecule has 0 aromatic heterocycles. The van der Waals surface area contributed by atoms with E-state index in [0.29, 0.717) is 0 Å². The molecule has 1 aliphatic rings. The van der Waals surface area contributed by atoms with Gasteiger partial charge in [-0.25, -0.2) is 5.48 Å². The fraction of sp³-hybridized carbons (Fsp3) is 1.00. The summed E-state index contributed by atoms with van der Waals surface area (Å²) < 4.78 is 0. The molecule has 0 amide bonds. The molecule has 1 unspecified atom stereocenters. The van der Waals surface area contributed by atoms with Crippen LogP contribution < -0.4 is 5.48 Å². The fourth-order valence-electron chi connectivity index (χ4n) is 2.06. The van der Waals surface area contributed by atoms with Gasteiger partial charge in [0, 0.05) is 13.6 Å². The predicted molar refractivity (Wildman–Crippen MR) is 54.5 cm³/mol. The summed E-state index contributed by atoms with van der Waals surface area (Å²) in [7, 11) is 4.03. The number of nitrogens with one attached hydrogen (secondary N) is 1. The van der Waals surface area contributed by atoms with Crippen LogP contribution >= 0.6 is 0 Å². The van der Waals surface area contributed by atoms with Crippen molar-refractivity contribution >= 4 is 0 Å². The van der Waals surface area contributed by atoms with Gasteiger partial charge in [-0.05, 0) is 45.2 Å². The highest BCUT2D eigenvalue weighted by Crippen LogP contribution is 2.19. The molecule has 1 atom stereocenters. The van der Waals surface area contributed by atoms with Gasteiger partial charge < -0.3 is 9.74 Å². The zero-order valence-electron chi connectivity index (χ0n) is 8.88. The lowest BCUT2D eigenvalue weighted by Gasteiger charge is -2.29. The Hall–Kier alpha value is -0.120. The lowest BCUT2D eigenvalue weighted by molar-refractivity contribution is 0.0509. The fourth-order valence-corrected chi connectivity index (χ4v) is 2.06. The first kappa shape index (κ1) is 11.0. The maximum absolute atomic E-state index is 5.09. The second-order valence-electron chi connectivity index (χ2n) is 3.97. The molecule has 1 heterocycles. The highest BCUT2D eigenvalue weighted by molar-refractivity contribution is 4.70. The first-order valence-electron chi connectivity index (χ1n) is 5.30. The molecular weight excluding hydrogens is 164 g/mol. The van der Waals surface area contributed by atoms with Gasteiger partial charge in [0.2, 0.25) is 0 Å². The Labute approximate surface area is 81.4 Å². The summed E-state index contributed by atoms with van der Waals surface area (Å²) in [6.45, 7) is 3.40. The van der Waals surface area contributed by atoms with E-state index < -0.39 is 0 Å². The van der Waals surface area contributed by atoms with E-state index in [4.69, 9.17) is 4.84 Å². The van der Waals surface area contributed by atoms with Gasteiger partial charge in [-0.15, -0.1) is 0 Å². The summed E-state index contributed by atoms with van der Waals surface area (Å²) in [5, 5.41) is 0. The van der Waals surface area contributed by atoms with Crippen LogP contribution in [-0.2, 0) is 4.84 Å². The Bertz CT molecular complexity index is 130. The summed E-state index contributed by atoms with van der Waals surface area (Å²) >= 11 is 0. The molecule has 0 aliphatic carbocycles. The first-order valence-corrected chi connectivity index (χ1v) is 5.30. The molecule has 0 bridgehead atoms. The number of hydroxylamine groups is 1. The summed E-state index contributed by atoms with van der Waals surface area (Å²) in [6.07, 6.45) is 5.27. The number of nitrogens with zero attached hydrogens (tertiary/aromatic N) is 1. The third kappa shape index (κ3) is 4.60. The minimum Gasteiger partial charge on any atom is -0.306 e. The predicted octanol–water partition coefficient (Wildman–Crippen LogP) is 1.26. The van der Waals surface area contributed by atoms with Crippen LogP contribution in [0.1, 0.15) is 25.7 Å². The van der Waals surface area contributed by atoms with Crippen molar-refractivity contribution in [2.45, 2.75) is 25.7 Å². The third-order valence-corrected chi connectivity index (χ3v) is 2.73. The third-order valence-electron chi connectivity index (χ3n) is 2.73. The molecule has 1 N–H and O–H groups in total. The smallest absolute Gasteiger partial charge is 0.0682 e. The Morgan fingerprint density at radius 1 is 1.54 bits per heavy atom. The van der Waals surface area contributed by atoms with Crippen molar-refractivity contribution < 1.29 is 4.84 Å². The van der Waals surface area contributed by atoms with Crippen molar-refractivity contribution in [3.05, 3.63) is 0 Å². The molecule has 1 fully saturated rings. The molecular formula is C10H22N2O. The van der Waals surface area contributed by atoms with Crippen LogP contribution in [0.25, 0.3) is 0 Å². The Balaban J connectivity index is 2.00. The van der Waals surface area contributed by atoms with E-state index >= 15 is 0 Å². The minimum atomic E-state index is 0.844. The summed E-state index contributed by atoms with van der Waals surface area (Å²) in [6, 6.07) is 0. The van der Waals surface area contributed by atoms with Crippen molar-refractivity contribution in [2.24, 2.45) is 5.92 Å². The van der Waals surface area contributed by atoms with Crippen LogP contribution in [0.3, 0.4) is 0 Å². The number of hydrogen-bond donors (Lipinski definition) is 1. The van der Waals surface area contributed by atoms with Crippen LogP contribution in [0.2, 0.25) is 0 Å². The van der Waals surface area contributed by atoms with Crippen molar-refractivity contribution in [3.8, 4) is 0 Å². The SMILES string of the molecule is CNOCCCC1CCCN(C)C1. The maximum Gasteiger partial charge on any atom is 0.0682 e. The second-order valence-corrected chi connectivity index (χ2v) is 3.97. The van der Waals surface area contributed by atoms with Gasteiger partial charge in [0.15, 0.2) is 0 Å². The van der Waals surface area contributed by atoms with Crippen LogP contribution in [0, 0.1) is 5.92 Å². The molecule has 1 aliphatic heterocycles. The molecule has 1 saturated heterocycles. The quantitative estimate of drug-likeness (QED) is 0.517. The maximum atomic E-state index is 5.09. The molecule has 0 aromatic carbocycles. The zero-order valence-corrected chi connectivity index (χ0v) is 8.88. The molecule has 3 heteroatoms. The van der Waals surface area contributed by atoms with E-state index in [1.54, 1.807) is 0 Å². The first-order chi connectivity index (χ1) is 6.33. The molecule has 0 spiro atoms. The Morgan fingerprint density at radius 2 is 2.38 bits per heavy atom. The van der Waals surface area contributed by atoms with Gasteiger partial charge in [0.25, 0.3) is 0 Å². The Morgan fingerprint density at radius 3 is 3.08 bits per heavy atom. The lowest BCUT2D eigenvalue weighted by atomic mass is 9.94. The van der Waals surface area contributed by atoms with Gasteiger partial charge in [0.05, 0.1) is 6.61 Å². The largest absolute Gasteiger partial charge is 0.306 e. The van der Waals surface area contributed by atoms with Gasteiger partial charge in [0.1, 0.15) is 0 Å². The molecule has 78 valence electrons. The van der Waals surface area contributed by atoms with Crippen molar-refractivity contribution in [1.82, 2.24) is 10.4 Å². The van der Waals surface area contributed by atoms with Gasteiger partial charge >= 0.3 is 0 Å². The van der Waals surface area contributed by atoms with Gasteiger partial charge in [-0.2, -0.15) is 0 Å². The molecule has 0 saturated carbocycles. The summed E-state index contributed by atoms with van der Waals surface area (Å²) in [5.74, 6) is 0.902. The topological polar surface area (TPSA) is 24.5 Å². The van der Waals surface area contributed by atoms with E-state index in [1.807, 2.05) is 7.05 Å².